The van der Waals surface area contributed by atoms with E-state index < -0.39 is 0 Å². The summed E-state index contributed by atoms with van der Waals surface area (Å²) in [5.41, 5.74) is 0.330. The van der Waals surface area contributed by atoms with Crippen molar-refractivity contribution >= 4 is 28.0 Å². The second-order valence-corrected chi connectivity index (χ2v) is 7.68. The van der Waals surface area contributed by atoms with Gasteiger partial charge in [-0.3, -0.25) is 14.5 Å². The van der Waals surface area contributed by atoms with Crippen molar-refractivity contribution in [3.63, 3.8) is 0 Å². The number of morpholine rings is 1. The number of H-pyrrole nitrogens is 1. The van der Waals surface area contributed by atoms with Gasteiger partial charge < -0.3 is 10.1 Å². The largest absolute Gasteiger partial charge is 0.379 e. The Hall–Kier alpha value is -2.55. The van der Waals surface area contributed by atoms with Gasteiger partial charge in [0.05, 0.1) is 36.8 Å². The Kier molecular flexibility index (Phi) is 5.80. The Balaban J connectivity index is 1.46. The van der Waals surface area contributed by atoms with Crippen molar-refractivity contribution in [2.24, 2.45) is 0 Å². The molecule has 4 rings (SSSR count). The molecule has 1 aromatic carbocycles. The number of hydrogen-bond acceptors (Lipinski definition) is 6. The zero-order valence-electron chi connectivity index (χ0n) is 15.4. The van der Waals surface area contributed by atoms with Crippen LogP contribution in [0.1, 0.15) is 16.6 Å². The SMILES string of the molecule is O=C(Cc1n[nH]c(=O)c2ccccc12)NC[C@H](c1cccs1)N1CCOCC1. The van der Waals surface area contributed by atoms with Crippen LogP contribution in [0.4, 0.5) is 0 Å². The number of benzene rings is 1. The number of carbonyl (C=O) groups is 1. The van der Waals surface area contributed by atoms with Gasteiger partial charge in [-0.15, -0.1) is 11.3 Å². The number of amides is 1. The highest BCUT2D eigenvalue weighted by Gasteiger charge is 2.24. The molecule has 0 saturated carbocycles. The van der Waals surface area contributed by atoms with Gasteiger partial charge in [-0.25, -0.2) is 5.10 Å². The van der Waals surface area contributed by atoms with Crippen molar-refractivity contribution in [2.75, 3.05) is 32.8 Å². The average Bonchev–Trinajstić information content (AvgIpc) is 3.26. The second-order valence-electron chi connectivity index (χ2n) is 6.71. The Labute approximate surface area is 166 Å². The quantitative estimate of drug-likeness (QED) is 0.660. The van der Waals surface area contributed by atoms with E-state index in [-0.39, 0.29) is 23.9 Å². The summed E-state index contributed by atoms with van der Waals surface area (Å²) in [5.74, 6) is -0.112. The molecule has 0 aliphatic carbocycles. The minimum absolute atomic E-state index is 0.112. The monoisotopic (exact) mass is 398 g/mol. The number of aromatic nitrogens is 2. The van der Waals surface area contributed by atoms with E-state index in [1.165, 1.54) is 4.88 Å². The summed E-state index contributed by atoms with van der Waals surface area (Å²) in [6, 6.07) is 11.5. The summed E-state index contributed by atoms with van der Waals surface area (Å²) in [7, 11) is 0. The number of thiophene rings is 1. The van der Waals surface area contributed by atoms with Crippen molar-refractivity contribution in [3.8, 4) is 0 Å². The number of nitrogens with zero attached hydrogens (tertiary/aromatic N) is 2. The van der Waals surface area contributed by atoms with Crippen molar-refractivity contribution in [3.05, 3.63) is 62.7 Å². The minimum atomic E-state index is -0.246. The first-order valence-corrected chi connectivity index (χ1v) is 10.2. The molecule has 0 bridgehead atoms. The highest BCUT2D eigenvalue weighted by molar-refractivity contribution is 7.10. The maximum atomic E-state index is 12.6. The molecule has 1 aliphatic rings. The number of fused-ring (bicyclic) bond motifs is 1. The molecule has 7 nitrogen and oxygen atoms in total. The maximum Gasteiger partial charge on any atom is 0.272 e. The van der Waals surface area contributed by atoms with E-state index in [4.69, 9.17) is 4.74 Å². The van der Waals surface area contributed by atoms with Gasteiger partial charge in [0, 0.05) is 29.9 Å². The predicted octanol–water partition coefficient (Wildman–Crippen LogP) is 1.72. The number of aromatic amines is 1. The molecule has 1 amide bonds. The molecule has 3 heterocycles. The molecule has 1 fully saturated rings. The molecule has 1 atom stereocenters. The summed E-state index contributed by atoms with van der Waals surface area (Å²) in [6.45, 7) is 3.65. The van der Waals surface area contributed by atoms with Crippen molar-refractivity contribution < 1.29 is 9.53 Å². The second kappa shape index (κ2) is 8.64. The number of hydrogen-bond donors (Lipinski definition) is 2. The van der Waals surface area contributed by atoms with E-state index in [9.17, 15) is 9.59 Å². The van der Waals surface area contributed by atoms with Gasteiger partial charge in [-0.2, -0.15) is 5.10 Å². The lowest BCUT2D eigenvalue weighted by Gasteiger charge is -2.34. The highest BCUT2D eigenvalue weighted by Crippen LogP contribution is 2.25. The van der Waals surface area contributed by atoms with E-state index in [0.717, 1.165) is 13.1 Å². The van der Waals surface area contributed by atoms with Crippen LogP contribution in [0.5, 0.6) is 0 Å². The van der Waals surface area contributed by atoms with Crippen LogP contribution >= 0.6 is 11.3 Å². The Morgan fingerprint density at radius 2 is 2.00 bits per heavy atom. The van der Waals surface area contributed by atoms with Crippen molar-refractivity contribution in [1.82, 2.24) is 20.4 Å². The standard InChI is InChI=1S/C20H22N4O3S/c25-19(12-16-14-4-1-2-5-15(14)20(26)23-22-16)21-13-17(18-6-3-11-28-18)24-7-9-27-10-8-24/h1-6,11,17H,7-10,12-13H2,(H,21,25)(H,23,26)/t17-/m1/s1. The molecule has 28 heavy (non-hydrogen) atoms. The number of rotatable bonds is 6. The summed E-state index contributed by atoms with van der Waals surface area (Å²) in [5, 5.41) is 12.9. The van der Waals surface area contributed by atoms with Crippen molar-refractivity contribution in [1.29, 1.82) is 0 Å². The molecule has 1 saturated heterocycles. The van der Waals surface area contributed by atoms with Gasteiger partial charge in [0.15, 0.2) is 0 Å². The van der Waals surface area contributed by atoms with Crippen LogP contribution in [-0.4, -0.2) is 53.9 Å². The predicted molar refractivity (Wildman–Crippen MR) is 109 cm³/mol. The van der Waals surface area contributed by atoms with E-state index in [1.54, 1.807) is 23.5 Å². The van der Waals surface area contributed by atoms with Gasteiger partial charge in [0.1, 0.15) is 0 Å². The lowest BCUT2D eigenvalue weighted by Crippen LogP contribution is -2.43. The fraction of sp³-hybridized carbons (Fsp3) is 0.350. The lowest BCUT2D eigenvalue weighted by atomic mass is 10.1. The molecule has 3 aromatic rings. The minimum Gasteiger partial charge on any atom is -0.379 e. The first kappa shape index (κ1) is 18.8. The number of ether oxygens (including phenoxy) is 1. The third kappa shape index (κ3) is 4.14. The topological polar surface area (TPSA) is 87.3 Å². The normalized spacial score (nSPS) is 16.1. The smallest absolute Gasteiger partial charge is 0.272 e. The van der Waals surface area contributed by atoms with Crippen LogP contribution in [0.15, 0.2) is 46.6 Å². The first-order chi connectivity index (χ1) is 13.7. The van der Waals surface area contributed by atoms with Gasteiger partial charge in [0.25, 0.3) is 5.56 Å². The summed E-state index contributed by atoms with van der Waals surface area (Å²) in [6.07, 6.45) is 0.123. The van der Waals surface area contributed by atoms with Crippen LogP contribution in [0.3, 0.4) is 0 Å². The molecule has 146 valence electrons. The Morgan fingerprint density at radius 1 is 1.21 bits per heavy atom. The number of carbonyl (C=O) groups excluding carboxylic acids is 1. The third-order valence-electron chi connectivity index (χ3n) is 4.95. The van der Waals surface area contributed by atoms with Gasteiger partial charge in [-0.1, -0.05) is 24.3 Å². The zero-order valence-corrected chi connectivity index (χ0v) is 16.2. The maximum absolute atomic E-state index is 12.6. The molecule has 2 aromatic heterocycles. The lowest BCUT2D eigenvalue weighted by molar-refractivity contribution is -0.120. The summed E-state index contributed by atoms with van der Waals surface area (Å²) in [4.78, 5) is 28.1. The molecule has 8 heteroatoms. The first-order valence-electron chi connectivity index (χ1n) is 9.30. The molecule has 1 aliphatic heterocycles. The van der Waals surface area contributed by atoms with Crippen LogP contribution < -0.4 is 10.9 Å². The van der Waals surface area contributed by atoms with Crippen LogP contribution in [0, 0.1) is 0 Å². The third-order valence-corrected chi connectivity index (χ3v) is 5.93. The van der Waals surface area contributed by atoms with Crippen LogP contribution in [-0.2, 0) is 16.0 Å². The Bertz CT molecular complexity index is 996. The average molecular weight is 398 g/mol. The van der Waals surface area contributed by atoms with Gasteiger partial charge in [-0.05, 0) is 17.5 Å². The molecule has 0 unspecified atom stereocenters. The molecular weight excluding hydrogens is 376 g/mol. The van der Waals surface area contributed by atoms with Gasteiger partial charge in [0.2, 0.25) is 5.91 Å². The Morgan fingerprint density at radius 3 is 2.75 bits per heavy atom. The van der Waals surface area contributed by atoms with E-state index in [2.05, 4.69) is 31.9 Å². The van der Waals surface area contributed by atoms with E-state index >= 15 is 0 Å². The summed E-state index contributed by atoms with van der Waals surface area (Å²) >= 11 is 1.70. The summed E-state index contributed by atoms with van der Waals surface area (Å²) < 4.78 is 5.46. The molecular formula is C20H22N4O3S. The van der Waals surface area contributed by atoms with E-state index in [1.807, 2.05) is 18.2 Å². The van der Waals surface area contributed by atoms with Crippen LogP contribution in [0.2, 0.25) is 0 Å². The van der Waals surface area contributed by atoms with Crippen LogP contribution in [0.25, 0.3) is 10.8 Å². The highest BCUT2D eigenvalue weighted by atomic mass is 32.1. The molecule has 0 spiro atoms. The number of nitrogens with one attached hydrogen (secondary N) is 2. The fourth-order valence-corrected chi connectivity index (χ4v) is 4.37. The zero-order chi connectivity index (χ0) is 19.3. The fourth-order valence-electron chi connectivity index (χ4n) is 3.51. The molecule has 0 radical (unpaired) electrons. The van der Waals surface area contributed by atoms with Crippen molar-refractivity contribution in [2.45, 2.75) is 12.5 Å². The van der Waals surface area contributed by atoms with Gasteiger partial charge >= 0.3 is 0 Å². The molecule has 2 N–H and O–H groups in total. The van der Waals surface area contributed by atoms with E-state index in [0.29, 0.717) is 36.2 Å².